The first kappa shape index (κ1) is 13.5. The van der Waals surface area contributed by atoms with E-state index in [-0.39, 0.29) is 6.04 Å². The van der Waals surface area contributed by atoms with E-state index in [9.17, 15) is 0 Å². The maximum absolute atomic E-state index is 5.22. The van der Waals surface area contributed by atoms with Crippen molar-refractivity contribution in [1.29, 1.82) is 0 Å². The number of hydrogen-bond donors (Lipinski definition) is 1. The average molecular weight is 337 g/mol. The molecule has 3 rings (SSSR count). The summed E-state index contributed by atoms with van der Waals surface area (Å²) < 4.78 is 6.04. The Kier molecular flexibility index (Phi) is 3.50. The predicted molar refractivity (Wildman–Crippen MR) is 79.7 cm³/mol. The highest BCUT2D eigenvalue weighted by atomic mass is 79.9. The van der Waals surface area contributed by atoms with Gasteiger partial charge in [-0.05, 0) is 49.5 Å². The highest BCUT2D eigenvalue weighted by Crippen LogP contribution is 2.39. The molecule has 1 unspecified atom stereocenters. The molecule has 0 aromatic carbocycles. The second-order valence-corrected chi connectivity index (χ2v) is 6.12. The Labute approximate surface area is 126 Å². The summed E-state index contributed by atoms with van der Waals surface area (Å²) in [6.07, 6.45) is 2.38. The van der Waals surface area contributed by atoms with E-state index in [1.165, 1.54) is 12.8 Å². The van der Waals surface area contributed by atoms with Crippen LogP contribution in [0.25, 0.3) is 0 Å². The van der Waals surface area contributed by atoms with E-state index in [0.29, 0.717) is 5.92 Å². The first-order valence-electron chi connectivity index (χ1n) is 6.78. The van der Waals surface area contributed by atoms with Crippen molar-refractivity contribution in [1.82, 2.24) is 15.1 Å². The highest BCUT2D eigenvalue weighted by molar-refractivity contribution is 9.10. The van der Waals surface area contributed by atoms with Crippen molar-refractivity contribution in [2.24, 2.45) is 0 Å². The molecule has 1 N–H and O–H groups in total. The third kappa shape index (κ3) is 2.70. The fraction of sp³-hybridized carbons (Fsp3) is 0.500. The van der Waals surface area contributed by atoms with Crippen LogP contribution in [0.15, 0.2) is 15.2 Å². The van der Waals surface area contributed by atoms with Gasteiger partial charge in [0.1, 0.15) is 22.0 Å². The van der Waals surface area contributed by atoms with Gasteiger partial charge in [-0.1, -0.05) is 5.16 Å². The van der Waals surface area contributed by atoms with Crippen LogP contribution in [-0.2, 0) is 0 Å². The van der Waals surface area contributed by atoms with Crippen molar-refractivity contribution >= 4 is 21.7 Å². The summed E-state index contributed by atoms with van der Waals surface area (Å²) in [6.45, 7) is 5.97. The Morgan fingerprint density at radius 1 is 1.35 bits per heavy atom. The van der Waals surface area contributed by atoms with Gasteiger partial charge in [0, 0.05) is 17.5 Å². The molecule has 2 aromatic rings. The van der Waals surface area contributed by atoms with Gasteiger partial charge >= 0.3 is 0 Å². The van der Waals surface area contributed by atoms with Gasteiger partial charge in [0.05, 0.1) is 11.7 Å². The van der Waals surface area contributed by atoms with E-state index in [0.717, 1.165) is 33.3 Å². The maximum Gasteiger partial charge on any atom is 0.139 e. The van der Waals surface area contributed by atoms with Crippen molar-refractivity contribution in [3.05, 3.63) is 33.5 Å². The van der Waals surface area contributed by atoms with Crippen LogP contribution in [0.3, 0.4) is 0 Å². The molecule has 0 aliphatic heterocycles. The second-order valence-electron chi connectivity index (χ2n) is 5.31. The lowest BCUT2D eigenvalue weighted by atomic mass is 10.1. The molecule has 5 nitrogen and oxygen atoms in total. The van der Waals surface area contributed by atoms with E-state index in [1.807, 2.05) is 19.9 Å². The van der Waals surface area contributed by atoms with Crippen LogP contribution in [0, 0.1) is 13.8 Å². The Balaban J connectivity index is 1.83. The maximum atomic E-state index is 5.22. The Morgan fingerprint density at radius 3 is 2.70 bits per heavy atom. The first-order chi connectivity index (χ1) is 9.54. The summed E-state index contributed by atoms with van der Waals surface area (Å²) in [7, 11) is 0. The Hall–Kier alpha value is -1.43. The highest BCUT2D eigenvalue weighted by Gasteiger charge is 2.27. The summed E-state index contributed by atoms with van der Waals surface area (Å²) in [5.41, 5.74) is 2.01. The summed E-state index contributed by atoms with van der Waals surface area (Å²) in [6, 6.07) is 2.00. The van der Waals surface area contributed by atoms with E-state index in [4.69, 9.17) is 4.52 Å². The first-order valence-corrected chi connectivity index (χ1v) is 7.57. The number of halogens is 1. The van der Waals surface area contributed by atoms with Gasteiger partial charge in [0.15, 0.2) is 0 Å². The van der Waals surface area contributed by atoms with E-state index in [2.05, 4.69) is 43.3 Å². The number of aryl methyl sites for hydroxylation is 2. The number of nitrogens with zero attached hydrogens (tertiary/aromatic N) is 3. The van der Waals surface area contributed by atoms with Crippen LogP contribution in [-0.4, -0.2) is 15.1 Å². The number of anilines is 1. The van der Waals surface area contributed by atoms with E-state index in [1.54, 1.807) is 0 Å². The summed E-state index contributed by atoms with van der Waals surface area (Å²) in [4.78, 5) is 9.04. The zero-order valence-corrected chi connectivity index (χ0v) is 13.4. The van der Waals surface area contributed by atoms with Gasteiger partial charge in [-0.15, -0.1) is 0 Å². The third-order valence-electron chi connectivity index (χ3n) is 3.54. The summed E-state index contributed by atoms with van der Waals surface area (Å²) in [5, 5.41) is 7.40. The molecule has 0 amide bonds. The van der Waals surface area contributed by atoms with E-state index < -0.39 is 0 Å². The number of hydrogen-bond acceptors (Lipinski definition) is 5. The SMILES string of the molecule is Cc1noc(C)c1C(C)Nc1cc(Br)nc(C2CC2)n1. The Morgan fingerprint density at radius 2 is 2.10 bits per heavy atom. The molecule has 106 valence electrons. The van der Waals surface area contributed by atoms with Gasteiger partial charge in [-0.2, -0.15) is 0 Å². The molecule has 1 fully saturated rings. The number of aromatic nitrogens is 3. The normalized spacial score (nSPS) is 16.2. The zero-order valence-electron chi connectivity index (χ0n) is 11.8. The molecular formula is C14H17BrN4O. The van der Waals surface area contributed by atoms with E-state index >= 15 is 0 Å². The number of rotatable bonds is 4. The number of nitrogens with one attached hydrogen (secondary N) is 1. The van der Waals surface area contributed by atoms with Crippen LogP contribution in [0.1, 0.15) is 54.6 Å². The summed E-state index contributed by atoms with van der Waals surface area (Å²) in [5.74, 6) is 3.13. The van der Waals surface area contributed by atoms with Crippen LogP contribution in [0.5, 0.6) is 0 Å². The molecule has 1 aliphatic carbocycles. The lowest BCUT2D eigenvalue weighted by Gasteiger charge is -2.15. The van der Waals surface area contributed by atoms with Crippen LogP contribution in [0.4, 0.5) is 5.82 Å². The van der Waals surface area contributed by atoms with Crippen molar-refractivity contribution in [3.8, 4) is 0 Å². The molecule has 1 atom stereocenters. The van der Waals surface area contributed by atoms with Gasteiger partial charge in [0.25, 0.3) is 0 Å². The zero-order chi connectivity index (χ0) is 14.3. The van der Waals surface area contributed by atoms with Crippen molar-refractivity contribution in [3.63, 3.8) is 0 Å². The topological polar surface area (TPSA) is 63.8 Å². The Bertz CT molecular complexity index is 617. The van der Waals surface area contributed by atoms with Gasteiger partial charge in [0.2, 0.25) is 0 Å². The summed E-state index contributed by atoms with van der Waals surface area (Å²) >= 11 is 3.45. The van der Waals surface area contributed by atoms with Crippen molar-refractivity contribution in [2.45, 2.75) is 45.6 Å². The fourth-order valence-corrected chi connectivity index (χ4v) is 2.83. The van der Waals surface area contributed by atoms with Crippen LogP contribution < -0.4 is 5.32 Å². The lowest BCUT2D eigenvalue weighted by molar-refractivity contribution is 0.392. The predicted octanol–water partition coefficient (Wildman–Crippen LogP) is 3.89. The molecule has 1 aliphatic rings. The molecular weight excluding hydrogens is 320 g/mol. The van der Waals surface area contributed by atoms with Crippen molar-refractivity contribution in [2.75, 3.05) is 5.32 Å². The average Bonchev–Trinajstić information content (AvgIpc) is 3.15. The minimum Gasteiger partial charge on any atom is -0.363 e. The molecule has 0 bridgehead atoms. The van der Waals surface area contributed by atoms with Crippen molar-refractivity contribution < 1.29 is 4.52 Å². The third-order valence-corrected chi connectivity index (χ3v) is 3.95. The quantitative estimate of drug-likeness (QED) is 0.858. The lowest BCUT2D eigenvalue weighted by Crippen LogP contribution is -2.11. The minimum absolute atomic E-state index is 0.0927. The largest absolute Gasteiger partial charge is 0.363 e. The van der Waals surface area contributed by atoms with Crippen LogP contribution in [0.2, 0.25) is 0 Å². The van der Waals surface area contributed by atoms with Gasteiger partial charge < -0.3 is 9.84 Å². The molecule has 1 saturated carbocycles. The standard InChI is InChI=1S/C14H17BrN4O/c1-7(13-8(2)19-20-9(13)3)16-12-6-11(15)17-14(18-12)10-4-5-10/h6-7,10H,4-5H2,1-3H3,(H,16,17,18). The molecule has 20 heavy (non-hydrogen) atoms. The molecule has 6 heteroatoms. The molecule has 0 saturated heterocycles. The molecule has 2 heterocycles. The van der Waals surface area contributed by atoms with Gasteiger partial charge in [-0.3, -0.25) is 0 Å². The van der Waals surface area contributed by atoms with Gasteiger partial charge in [-0.25, -0.2) is 9.97 Å². The minimum atomic E-state index is 0.0927. The fourth-order valence-electron chi connectivity index (χ4n) is 2.44. The second kappa shape index (κ2) is 5.16. The molecule has 0 spiro atoms. The monoisotopic (exact) mass is 336 g/mol. The molecule has 2 aromatic heterocycles. The van der Waals surface area contributed by atoms with Crippen LogP contribution >= 0.6 is 15.9 Å². The smallest absolute Gasteiger partial charge is 0.139 e. The molecule has 0 radical (unpaired) electrons.